The summed E-state index contributed by atoms with van der Waals surface area (Å²) in [5, 5.41) is 21.6. The van der Waals surface area contributed by atoms with E-state index >= 15 is 0 Å². The van der Waals surface area contributed by atoms with Crippen molar-refractivity contribution in [3.05, 3.63) is 66.4 Å². The van der Waals surface area contributed by atoms with Crippen molar-refractivity contribution in [1.82, 2.24) is 25.3 Å². The Morgan fingerprint density at radius 2 is 1.79 bits per heavy atom. The first-order chi connectivity index (χ1) is 16.1. The molecule has 0 aliphatic carbocycles. The fourth-order valence-corrected chi connectivity index (χ4v) is 4.43. The van der Waals surface area contributed by atoms with Crippen LogP contribution >= 0.6 is 0 Å². The smallest absolute Gasteiger partial charge is 0.319 e. The Bertz CT molecular complexity index is 1290. The number of amides is 2. The molecule has 0 atom stereocenters. The second-order valence-corrected chi connectivity index (χ2v) is 8.49. The van der Waals surface area contributed by atoms with Crippen molar-refractivity contribution in [2.24, 2.45) is 7.05 Å². The van der Waals surface area contributed by atoms with E-state index in [2.05, 4.69) is 43.0 Å². The van der Waals surface area contributed by atoms with Gasteiger partial charge in [-0.2, -0.15) is 5.10 Å². The Kier molecular flexibility index (Phi) is 5.64. The Labute approximate surface area is 192 Å². The van der Waals surface area contributed by atoms with E-state index < -0.39 is 0 Å². The maximum absolute atomic E-state index is 12.4. The topological polar surface area (TPSA) is 88.0 Å². The number of rotatable bonds is 4. The molecule has 2 amide bonds. The largest absolute Gasteiger partial charge is 0.354 e. The first-order valence-corrected chi connectivity index (χ1v) is 11.2. The zero-order chi connectivity index (χ0) is 22.8. The average Bonchev–Trinajstić information content (AvgIpc) is 3.24. The SMILES string of the molecule is Cc1cccc(NC(=O)NC2CCN(c3nnc(-c4ccnn4C)c4ccccc34)CC2)c1. The number of aryl methyl sites for hydroxylation is 2. The third-order valence-corrected chi connectivity index (χ3v) is 6.14. The Morgan fingerprint density at radius 1 is 1.00 bits per heavy atom. The van der Waals surface area contributed by atoms with E-state index in [0.29, 0.717) is 0 Å². The van der Waals surface area contributed by atoms with E-state index in [-0.39, 0.29) is 12.1 Å². The molecule has 8 nitrogen and oxygen atoms in total. The average molecular weight is 442 g/mol. The van der Waals surface area contributed by atoms with Crippen LogP contribution in [0.15, 0.2) is 60.8 Å². The van der Waals surface area contributed by atoms with Gasteiger partial charge in [0, 0.05) is 48.8 Å². The Balaban J connectivity index is 1.28. The minimum Gasteiger partial charge on any atom is -0.354 e. The second-order valence-electron chi connectivity index (χ2n) is 8.49. The molecule has 1 aliphatic heterocycles. The van der Waals surface area contributed by atoms with Crippen molar-refractivity contribution < 1.29 is 4.79 Å². The molecule has 1 aliphatic rings. The summed E-state index contributed by atoms with van der Waals surface area (Å²) >= 11 is 0. The molecule has 0 radical (unpaired) electrons. The summed E-state index contributed by atoms with van der Waals surface area (Å²) in [7, 11) is 1.91. The van der Waals surface area contributed by atoms with Gasteiger partial charge in [-0.25, -0.2) is 4.79 Å². The first kappa shape index (κ1) is 20.9. The molecule has 4 aromatic rings. The number of anilines is 2. The number of fused-ring (bicyclic) bond motifs is 1. The van der Waals surface area contributed by atoms with Gasteiger partial charge in [0.1, 0.15) is 5.69 Å². The standard InChI is InChI=1S/C25H27N7O/c1-17-6-5-7-19(16-17)28-25(33)27-18-11-14-32(15-12-18)24-21-9-4-3-8-20(21)23(29-30-24)22-10-13-26-31(22)2/h3-10,13,16,18H,11-12,14-15H2,1-2H3,(H2,27,28,33). The van der Waals surface area contributed by atoms with E-state index in [9.17, 15) is 4.79 Å². The number of nitrogens with one attached hydrogen (secondary N) is 2. The highest BCUT2D eigenvalue weighted by Crippen LogP contribution is 2.32. The van der Waals surface area contributed by atoms with Crippen LogP contribution in [0.1, 0.15) is 18.4 Å². The van der Waals surface area contributed by atoms with Crippen molar-refractivity contribution >= 4 is 28.3 Å². The quantitative estimate of drug-likeness (QED) is 0.497. The molecule has 168 valence electrons. The second kappa shape index (κ2) is 8.90. The highest BCUT2D eigenvalue weighted by Gasteiger charge is 2.24. The van der Waals surface area contributed by atoms with Gasteiger partial charge in [-0.3, -0.25) is 4.68 Å². The monoisotopic (exact) mass is 441 g/mol. The van der Waals surface area contributed by atoms with E-state index in [4.69, 9.17) is 0 Å². The lowest BCUT2D eigenvalue weighted by Crippen LogP contribution is -2.46. The van der Waals surface area contributed by atoms with Gasteiger partial charge in [0.15, 0.2) is 5.82 Å². The van der Waals surface area contributed by atoms with Crippen molar-refractivity contribution in [3.8, 4) is 11.4 Å². The molecule has 3 heterocycles. The summed E-state index contributed by atoms with van der Waals surface area (Å²) in [5.41, 5.74) is 3.69. The summed E-state index contributed by atoms with van der Waals surface area (Å²) < 4.78 is 1.81. The summed E-state index contributed by atoms with van der Waals surface area (Å²) in [6, 6.07) is 18.0. The lowest BCUT2D eigenvalue weighted by Gasteiger charge is -2.33. The fraction of sp³-hybridized carbons (Fsp3) is 0.280. The van der Waals surface area contributed by atoms with Gasteiger partial charge < -0.3 is 15.5 Å². The van der Waals surface area contributed by atoms with Crippen LogP contribution in [0.25, 0.3) is 22.2 Å². The van der Waals surface area contributed by atoms with Crippen LogP contribution in [0, 0.1) is 6.92 Å². The molecular formula is C25H27N7O. The Morgan fingerprint density at radius 3 is 2.52 bits per heavy atom. The number of aromatic nitrogens is 4. The van der Waals surface area contributed by atoms with Crippen LogP contribution in [-0.4, -0.2) is 45.1 Å². The zero-order valence-corrected chi connectivity index (χ0v) is 18.8. The van der Waals surface area contributed by atoms with Crippen LogP contribution in [0.2, 0.25) is 0 Å². The molecule has 0 saturated carbocycles. The van der Waals surface area contributed by atoms with Crippen LogP contribution in [-0.2, 0) is 7.05 Å². The summed E-state index contributed by atoms with van der Waals surface area (Å²) in [5.74, 6) is 0.888. The van der Waals surface area contributed by atoms with Crippen molar-refractivity contribution in [3.63, 3.8) is 0 Å². The molecule has 1 fully saturated rings. The molecule has 5 rings (SSSR count). The van der Waals surface area contributed by atoms with E-state index in [1.54, 1.807) is 6.20 Å². The van der Waals surface area contributed by atoms with Crippen molar-refractivity contribution in [1.29, 1.82) is 0 Å². The van der Waals surface area contributed by atoms with Crippen LogP contribution < -0.4 is 15.5 Å². The molecule has 8 heteroatoms. The third-order valence-electron chi connectivity index (χ3n) is 6.14. The molecule has 0 unspecified atom stereocenters. The van der Waals surface area contributed by atoms with Gasteiger partial charge in [-0.05, 0) is 43.5 Å². The maximum atomic E-state index is 12.4. The number of hydrogen-bond acceptors (Lipinski definition) is 5. The number of piperidine rings is 1. The third kappa shape index (κ3) is 4.37. The highest BCUT2D eigenvalue weighted by molar-refractivity contribution is 5.99. The Hall–Kier alpha value is -3.94. The predicted molar refractivity (Wildman–Crippen MR) is 130 cm³/mol. The maximum Gasteiger partial charge on any atom is 0.319 e. The van der Waals surface area contributed by atoms with Gasteiger partial charge in [0.25, 0.3) is 0 Å². The van der Waals surface area contributed by atoms with Crippen LogP contribution in [0.3, 0.4) is 0 Å². The molecule has 0 bridgehead atoms. The van der Waals surface area contributed by atoms with E-state index in [0.717, 1.165) is 65.2 Å². The lowest BCUT2D eigenvalue weighted by molar-refractivity contribution is 0.246. The number of hydrogen-bond donors (Lipinski definition) is 2. The number of urea groups is 1. The van der Waals surface area contributed by atoms with Gasteiger partial charge in [0.05, 0.1) is 5.69 Å². The van der Waals surface area contributed by atoms with Crippen molar-refractivity contribution in [2.45, 2.75) is 25.8 Å². The molecule has 2 N–H and O–H groups in total. The predicted octanol–water partition coefficient (Wildman–Crippen LogP) is 4.13. The van der Waals surface area contributed by atoms with Gasteiger partial charge in [0.2, 0.25) is 0 Å². The van der Waals surface area contributed by atoms with Gasteiger partial charge >= 0.3 is 6.03 Å². The molecule has 0 spiro atoms. The summed E-state index contributed by atoms with van der Waals surface area (Å²) in [6.07, 6.45) is 3.47. The van der Waals surface area contributed by atoms with E-state index in [1.165, 1.54) is 0 Å². The normalized spacial score (nSPS) is 14.4. The number of carbonyl (C=O) groups is 1. The fourth-order valence-electron chi connectivity index (χ4n) is 4.43. The minimum absolute atomic E-state index is 0.124. The lowest BCUT2D eigenvalue weighted by atomic mass is 10.0. The van der Waals surface area contributed by atoms with Gasteiger partial charge in [-0.15, -0.1) is 10.2 Å². The molecule has 1 saturated heterocycles. The summed E-state index contributed by atoms with van der Waals surface area (Å²) in [4.78, 5) is 14.7. The molecule has 33 heavy (non-hydrogen) atoms. The van der Waals surface area contributed by atoms with E-state index in [1.807, 2.05) is 61.1 Å². The van der Waals surface area contributed by atoms with Crippen molar-refractivity contribution in [2.75, 3.05) is 23.3 Å². The summed E-state index contributed by atoms with van der Waals surface area (Å²) in [6.45, 7) is 3.62. The minimum atomic E-state index is -0.162. The van der Waals surface area contributed by atoms with Gasteiger partial charge in [-0.1, -0.05) is 36.4 Å². The van der Waals surface area contributed by atoms with Crippen LogP contribution in [0.5, 0.6) is 0 Å². The number of benzene rings is 2. The molecule has 2 aromatic carbocycles. The van der Waals surface area contributed by atoms with Crippen LogP contribution in [0.4, 0.5) is 16.3 Å². The number of nitrogens with zero attached hydrogens (tertiary/aromatic N) is 5. The number of carbonyl (C=O) groups excluding carboxylic acids is 1. The molecule has 2 aromatic heterocycles. The molecular weight excluding hydrogens is 414 g/mol. The highest BCUT2D eigenvalue weighted by atomic mass is 16.2. The first-order valence-electron chi connectivity index (χ1n) is 11.2. The zero-order valence-electron chi connectivity index (χ0n) is 18.8.